The minimum absolute atomic E-state index is 1.03. The van der Waals surface area contributed by atoms with Crippen LogP contribution in [0.25, 0.3) is 0 Å². The Kier molecular flexibility index (Phi) is 5.54. The predicted molar refractivity (Wildman–Crippen MR) is 59.6 cm³/mol. The molecule has 0 heterocycles. The molecule has 0 fully saturated rings. The fourth-order valence-electron chi connectivity index (χ4n) is 1.06. The second-order valence-electron chi connectivity index (χ2n) is 2.89. The first-order valence-corrected chi connectivity index (χ1v) is 4.78. The summed E-state index contributed by atoms with van der Waals surface area (Å²) in [6.07, 6.45) is 24.5. The summed E-state index contributed by atoms with van der Waals surface area (Å²) in [6.45, 7) is 0. The summed E-state index contributed by atoms with van der Waals surface area (Å²) >= 11 is 0. The van der Waals surface area contributed by atoms with Crippen molar-refractivity contribution in [2.75, 3.05) is 0 Å². The molecule has 0 bridgehead atoms. The highest BCUT2D eigenvalue weighted by atomic mass is 13.8. The first kappa shape index (κ1) is 9.79. The van der Waals surface area contributed by atoms with Crippen molar-refractivity contribution in [3.05, 3.63) is 60.8 Å². The van der Waals surface area contributed by atoms with Gasteiger partial charge in [0.15, 0.2) is 0 Å². The zero-order chi connectivity index (χ0) is 9.19. The molecule has 0 saturated carbocycles. The third kappa shape index (κ3) is 5.92. The van der Waals surface area contributed by atoms with Gasteiger partial charge in [-0.2, -0.15) is 0 Å². The number of allylic oxidation sites excluding steroid dienone is 10. The predicted octanol–water partition coefficient (Wildman–Crippen LogP) is 3.95. The van der Waals surface area contributed by atoms with Crippen LogP contribution in [0.15, 0.2) is 60.8 Å². The summed E-state index contributed by atoms with van der Waals surface area (Å²) in [7, 11) is 0. The highest BCUT2D eigenvalue weighted by Crippen LogP contribution is 1.95. The standard InChI is InChI=1S/C13H16/c1-2-4-6-8-10-12-13-11-9-7-5-3-1/h1-6,9-12H,7-8,13H2/b2-1?,5-3-,6-4?,11-9-,12-10-. The molecular formula is C13H16. The van der Waals surface area contributed by atoms with E-state index in [0.29, 0.717) is 0 Å². The van der Waals surface area contributed by atoms with Crippen LogP contribution < -0.4 is 0 Å². The molecule has 0 radical (unpaired) electrons. The molecule has 68 valence electrons. The van der Waals surface area contributed by atoms with Gasteiger partial charge in [-0.15, -0.1) is 0 Å². The van der Waals surface area contributed by atoms with Crippen LogP contribution in [0.5, 0.6) is 0 Å². The van der Waals surface area contributed by atoms with E-state index in [1.165, 1.54) is 0 Å². The van der Waals surface area contributed by atoms with Gasteiger partial charge in [-0.1, -0.05) is 60.8 Å². The minimum atomic E-state index is 1.03. The van der Waals surface area contributed by atoms with E-state index < -0.39 is 0 Å². The quantitative estimate of drug-likeness (QED) is 0.485. The van der Waals surface area contributed by atoms with E-state index in [1.807, 2.05) is 0 Å². The fourth-order valence-corrected chi connectivity index (χ4v) is 1.06. The molecule has 0 aromatic carbocycles. The van der Waals surface area contributed by atoms with Crippen molar-refractivity contribution in [3.8, 4) is 0 Å². The molecule has 13 heavy (non-hydrogen) atoms. The Morgan fingerprint density at radius 1 is 0.385 bits per heavy atom. The second kappa shape index (κ2) is 7.35. The molecule has 0 spiro atoms. The topological polar surface area (TPSA) is 0 Å². The van der Waals surface area contributed by atoms with Crippen LogP contribution in [-0.2, 0) is 0 Å². The number of hydrogen-bond donors (Lipinski definition) is 0. The third-order valence-electron chi connectivity index (χ3n) is 1.76. The molecule has 0 nitrogen and oxygen atoms in total. The van der Waals surface area contributed by atoms with Gasteiger partial charge in [0.2, 0.25) is 0 Å². The van der Waals surface area contributed by atoms with Gasteiger partial charge in [-0.3, -0.25) is 0 Å². The Morgan fingerprint density at radius 2 is 0.769 bits per heavy atom. The first-order valence-electron chi connectivity index (χ1n) is 4.78. The van der Waals surface area contributed by atoms with Gasteiger partial charge in [0.1, 0.15) is 0 Å². The number of rotatable bonds is 0. The number of hydrogen-bond acceptors (Lipinski definition) is 0. The largest absolute Gasteiger partial charge is 0.0844 e. The van der Waals surface area contributed by atoms with E-state index in [2.05, 4.69) is 60.8 Å². The first-order chi connectivity index (χ1) is 6.50. The summed E-state index contributed by atoms with van der Waals surface area (Å²) in [5, 5.41) is 0. The van der Waals surface area contributed by atoms with Crippen LogP contribution in [0.2, 0.25) is 0 Å². The van der Waals surface area contributed by atoms with Crippen molar-refractivity contribution in [1.82, 2.24) is 0 Å². The minimum Gasteiger partial charge on any atom is -0.0844 e. The van der Waals surface area contributed by atoms with Crippen molar-refractivity contribution in [1.29, 1.82) is 0 Å². The molecule has 0 aliphatic heterocycles. The average molecular weight is 172 g/mol. The van der Waals surface area contributed by atoms with E-state index in [4.69, 9.17) is 0 Å². The molecule has 0 aromatic rings. The Labute approximate surface area is 80.7 Å². The normalized spacial score (nSPS) is 25.2. The van der Waals surface area contributed by atoms with Crippen LogP contribution in [-0.4, -0.2) is 0 Å². The molecule has 0 aromatic heterocycles. The summed E-state index contributed by atoms with van der Waals surface area (Å²) < 4.78 is 0. The van der Waals surface area contributed by atoms with Crippen molar-refractivity contribution in [3.63, 3.8) is 0 Å². The van der Waals surface area contributed by atoms with Crippen molar-refractivity contribution >= 4 is 0 Å². The Hall–Kier alpha value is -1.30. The summed E-state index contributed by atoms with van der Waals surface area (Å²) in [5.41, 5.74) is 0. The second-order valence-corrected chi connectivity index (χ2v) is 2.89. The maximum absolute atomic E-state index is 2.20. The lowest BCUT2D eigenvalue weighted by Gasteiger charge is -1.82. The lowest BCUT2D eigenvalue weighted by molar-refractivity contribution is 1.28. The Balaban J connectivity index is 2.49. The molecule has 0 saturated heterocycles. The van der Waals surface area contributed by atoms with Gasteiger partial charge >= 0.3 is 0 Å². The van der Waals surface area contributed by atoms with Crippen LogP contribution in [0, 0.1) is 0 Å². The van der Waals surface area contributed by atoms with E-state index in [1.54, 1.807) is 0 Å². The zero-order valence-electron chi connectivity index (χ0n) is 7.89. The molecule has 0 heteroatoms. The Bertz CT molecular complexity index is 223. The van der Waals surface area contributed by atoms with E-state index in [0.717, 1.165) is 19.3 Å². The zero-order valence-corrected chi connectivity index (χ0v) is 7.89. The smallest absolute Gasteiger partial charge is 0.0166 e. The summed E-state index contributed by atoms with van der Waals surface area (Å²) in [5.74, 6) is 0. The van der Waals surface area contributed by atoms with E-state index in [-0.39, 0.29) is 0 Å². The van der Waals surface area contributed by atoms with Gasteiger partial charge in [0, 0.05) is 0 Å². The Morgan fingerprint density at radius 3 is 1.23 bits per heavy atom. The van der Waals surface area contributed by atoms with Crippen LogP contribution in [0.3, 0.4) is 0 Å². The van der Waals surface area contributed by atoms with Gasteiger partial charge in [0.05, 0.1) is 0 Å². The highest BCUT2D eigenvalue weighted by molar-refractivity contribution is 5.13. The van der Waals surface area contributed by atoms with Gasteiger partial charge < -0.3 is 0 Å². The highest BCUT2D eigenvalue weighted by Gasteiger charge is 1.74. The third-order valence-corrected chi connectivity index (χ3v) is 1.76. The molecule has 1 aliphatic carbocycles. The molecule has 0 amide bonds. The lowest BCUT2D eigenvalue weighted by Crippen LogP contribution is -1.61. The molecule has 0 atom stereocenters. The van der Waals surface area contributed by atoms with Gasteiger partial charge in [-0.05, 0) is 19.3 Å². The molecule has 0 N–H and O–H groups in total. The van der Waals surface area contributed by atoms with E-state index >= 15 is 0 Å². The summed E-state index contributed by atoms with van der Waals surface area (Å²) in [6, 6.07) is 0. The monoisotopic (exact) mass is 172 g/mol. The van der Waals surface area contributed by atoms with Crippen molar-refractivity contribution < 1.29 is 0 Å². The van der Waals surface area contributed by atoms with E-state index in [9.17, 15) is 0 Å². The lowest BCUT2D eigenvalue weighted by atomic mass is 10.3. The van der Waals surface area contributed by atoms with Gasteiger partial charge in [-0.25, -0.2) is 0 Å². The van der Waals surface area contributed by atoms with Crippen molar-refractivity contribution in [2.24, 2.45) is 0 Å². The fraction of sp³-hybridized carbons (Fsp3) is 0.231. The molecular weight excluding hydrogens is 156 g/mol. The molecule has 1 rings (SSSR count). The van der Waals surface area contributed by atoms with Crippen LogP contribution in [0.1, 0.15) is 19.3 Å². The molecule has 0 unspecified atom stereocenters. The summed E-state index contributed by atoms with van der Waals surface area (Å²) in [4.78, 5) is 0. The SMILES string of the molecule is C1=C/C=C\C/C=C\C/C=C\CC=C1. The maximum Gasteiger partial charge on any atom is -0.0166 e. The average Bonchev–Trinajstić information content (AvgIpc) is 2.18. The van der Waals surface area contributed by atoms with Gasteiger partial charge in [0.25, 0.3) is 0 Å². The van der Waals surface area contributed by atoms with Crippen molar-refractivity contribution in [2.45, 2.75) is 19.3 Å². The molecule has 1 aliphatic rings. The van der Waals surface area contributed by atoms with Crippen LogP contribution >= 0.6 is 0 Å². The van der Waals surface area contributed by atoms with Crippen LogP contribution in [0.4, 0.5) is 0 Å². The maximum atomic E-state index is 2.20.